The Morgan fingerprint density at radius 3 is 2.81 bits per heavy atom. The van der Waals surface area contributed by atoms with Gasteiger partial charge in [-0.15, -0.1) is 0 Å². The van der Waals surface area contributed by atoms with Crippen molar-refractivity contribution >= 4 is 28.9 Å². The zero-order chi connectivity index (χ0) is 22.1. The van der Waals surface area contributed by atoms with Crippen LogP contribution in [0, 0.1) is 29.8 Å². The van der Waals surface area contributed by atoms with Gasteiger partial charge in [-0.2, -0.15) is 0 Å². The Balaban J connectivity index is 1.51. The van der Waals surface area contributed by atoms with Crippen LogP contribution in [0.15, 0.2) is 36.5 Å². The topological polar surface area (TPSA) is 120 Å². The van der Waals surface area contributed by atoms with Crippen molar-refractivity contribution in [2.75, 3.05) is 5.32 Å². The molecule has 1 aromatic carbocycles. The average Bonchev–Trinajstić information content (AvgIpc) is 3.14. The SMILES string of the molecule is Cc1nc(C)c(Cl)c(NCc2ccc(Oc3ccc4ncc([N+](=O)[O-])n4n3)cc2F)n1. The summed E-state index contributed by atoms with van der Waals surface area (Å²) in [5.41, 5.74) is 1.29. The Morgan fingerprint density at radius 1 is 1.26 bits per heavy atom. The van der Waals surface area contributed by atoms with Crippen LogP contribution >= 0.6 is 11.6 Å². The molecule has 0 unspecified atom stereocenters. The molecule has 0 atom stereocenters. The third-order valence-electron chi connectivity index (χ3n) is 4.33. The van der Waals surface area contributed by atoms with Crippen molar-refractivity contribution in [1.82, 2.24) is 24.6 Å². The molecule has 0 aliphatic carbocycles. The van der Waals surface area contributed by atoms with Crippen LogP contribution in [-0.2, 0) is 6.54 Å². The van der Waals surface area contributed by atoms with E-state index in [1.807, 2.05) is 0 Å². The van der Waals surface area contributed by atoms with Crippen LogP contribution in [0.3, 0.4) is 0 Å². The number of hydrogen-bond donors (Lipinski definition) is 1. The molecule has 0 amide bonds. The first-order valence-corrected chi connectivity index (χ1v) is 9.39. The zero-order valence-corrected chi connectivity index (χ0v) is 17.1. The Hall–Kier alpha value is -3.86. The molecule has 0 radical (unpaired) electrons. The minimum atomic E-state index is -0.606. The summed E-state index contributed by atoms with van der Waals surface area (Å²) in [7, 11) is 0. The van der Waals surface area contributed by atoms with Crippen molar-refractivity contribution < 1.29 is 14.1 Å². The molecule has 158 valence electrons. The third kappa shape index (κ3) is 4.21. The molecule has 4 aromatic rings. The molecule has 0 saturated heterocycles. The summed E-state index contributed by atoms with van der Waals surface area (Å²) >= 11 is 6.19. The normalized spacial score (nSPS) is 11.0. The monoisotopic (exact) mass is 443 g/mol. The van der Waals surface area contributed by atoms with Gasteiger partial charge in [-0.25, -0.2) is 19.3 Å². The number of anilines is 1. The molecule has 3 aromatic heterocycles. The number of hydrogen-bond acceptors (Lipinski definition) is 8. The highest BCUT2D eigenvalue weighted by atomic mass is 35.5. The van der Waals surface area contributed by atoms with Gasteiger partial charge in [0, 0.05) is 30.3 Å². The lowest BCUT2D eigenvalue weighted by molar-refractivity contribution is -0.391. The highest BCUT2D eigenvalue weighted by Gasteiger charge is 2.17. The molecule has 12 heteroatoms. The van der Waals surface area contributed by atoms with Gasteiger partial charge < -0.3 is 20.2 Å². The van der Waals surface area contributed by atoms with E-state index in [9.17, 15) is 14.5 Å². The van der Waals surface area contributed by atoms with Crippen LogP contribution in [-0.4, -0.2) is 29.5 Å². The van der Waals surface area contributed by atoms with Gasteiger partial charge in [0.1, 0.15) is 34.4 Å². The van der Waals surface area contributed by atoms with Crippen molar-refractivity contribution in [2.24, 2.45) is 0 Å². The predicted octanol–water partition coefficient (Wildman–Crippen LogP) is 4.24. The lowest BCUT2D eigenvalue weighted by Gasteiger charge is -2.11. The first-order valence-electron chi connectivity index (χ1n) is 9.02. The second-order valence-corrected chi connectivity index (χ2v) is 6.92. The van der Waals surface area contributed by atoms with Crippen molar-refractivity contribution in [2.45, 2.75) is 20.4 Å². The van der Waals surface area contributed by atoms with Crippen LogP contribution in [0.2, 0.25) is 5.02 Å². The largest absolute Gasteiger partial charge is 0.436 e. The Kier molecular flexibility index (Phi) is 5.34. The Labute approximate surface area is 179 Å². The van der Waals surface area contributed by atoms with Gasteiger partial charge in [0.15, 0.2) is 0 Å². The van der Waals surface area contributed by atoms with Gasteiger partial charge in [-0.1, -0.05) is 22.2 Å². The maximum atomic E-state index is 14.6. The summed E-state index contributed by atoms with van der Waals surface area (Å²) in [6, 6.07) is 7.31. The second-order valence-electron chi connectivity index (χ2n) is 6.54. The standard InChI is InChI=1S/C19H15ClFN7O3/c1-10-18(20)19(25-11(2)24-10)23-8-12-3-4-13(7-14(12)21)31-16-6-5-15-22-9-17(28(29)30)27(15)26-16/h3-7,9H,8H2,1-2H3,(H,23,24,25). The summed E-state index contributed by atoms with van der Waals surface area (Å²) < 4.78 is 21.2. The summed E-state index contributed by atoms with van der Waals surface area (Å²) in [6.45, 7) is 3.65. The van der Waals surface area contributed by atoms with E-state index in [2.05, 4.69) is 25.4 Å². The van der Waals surface area contributed by atoms with Gasteiger partial charge >= 0.3 is 5.82 Å². The average molecular weight is 444 g/mol. The second kappa shape index (κ2) is 8.11. The number of aromatic nitrogens is 5. The number of benzene rings is 1. The predicted molar refractivity (Wildman–Crippen MR) is 110 cm³/mol. The molecule has 10 nitrogen and oxygen atoms in total. The van der Waals surface area contributed by atoms with Crippen LogP contribution in [0.1, 0.15) is 17.1 Å². The number of imidazole rings is 1. The zero-order valence-electron chi connectivity index (χ0n) is 16.3. The van der Waals surface area contributed by atoms with Crippen molar-refractivity contribution in [3.8, 4) is 11.6 Å². The van der Waals surface area contributed by atoms with E-state index in [-0.39, 0.29) is 24.0 Å². The number of aryl methyl sites for hydroxylation is 2. The van der Waals surface area contributed by atoms with E-state index >= 15 is 0 Å². The number of halogens is 2. The van der Waals surface area contributed by atoms with E-state index in [0.717, 1.165) is 10.7 Å². The highest BCUT2D eigenvalue weighted by Crippen LogP contribution is 2.26. The van der Waals surface area contributed by atoms with E-state index in [1.165, 1.54) is 18.2 Å². The van der Waals surface area contributed by atoms with E-state index < -0.39 is 10.7 Å². The highest BCUT2D eigenvalue weighted by molar-refractivity contribution is 6.33. The summed E-state index contributed by atoms with van der Waals surface area (Å²) in [4.78, 5) is 22.7. The number of fused-ring (bicyclic) bond motifs is 1. The minimum absolute atomic E-state index is 0.0533. The molecular formula is C19H15ClFN7O3. The van der Waals surface area contributed by atoms with E-state index in [4.69, 9.17) is 16.3 Å². The lowest BCUT2D eigenvalue weighted by atomic mass is 10.2. The lowest BCUT2D eigenvalue weighted by Crippen LogP contribution is -2.07. The van der Waals surface area contributed by atoms with Gasteiger partial charge in [-0.3, -0.25) is 0 Å². The number of ether oxygens (including phenoxy) is 1. The van der Waals surface area contributed by atoms with Crippen LogP contribution < -0.4 is 10.1 Å². The van der Waals surface area contributed by atoms with Crippen molar-refractivity contribution in [3.63, 3.8) is 0 Å². The summed E-state index contributed by atoms with van der Waals surface area (Å²) in [6.07, 6.45) is 1.10. The van der Waals surface area contributed by atoms with Gasteiger partial charge in [0.05, 0.1) is 5.69 Å². The van der Waals surface area contributed by atoms with Gasteiger partial charge in [-0.05, 0) is 29.9 Å². The molecule has 0 bridgehead atoms. The number of nitrogens with one attached hydrogen (secondary N) is 1. The number of nitro groups is 1. The first kappa shape index (κ1) is 20.4. The quantitative estimate of drug-likeness (QED) is 0.347. The molecular weight excluding hydrogens is 429 g/mol. The van der Waals surface area contributed by atoms with E-state index in [0.29, 0.717) is 33.6 Å². The van der Waals surface area contributed by atoms with Crippen LogP contribution in [0.25, 0.3) is 5.65 Å². The van der Waals surface area contributed by atoms with Crippen molar-refractivity contribution in [1.29, 1.82) is 0 Å². The van der Waals surface area contributed by atoms with Crippen molar-refractivity contribution in [3.05, 3.63) is 74.6 Å². The molecule has 0 saturated carbocycles. The minimum Gasteiger partial charge on any atom is -0.436 e. The number of rotatable bonds is 6. The maximum absolute atomic E-state index is 14.6. The van der Waals surface area contributed by atoms with Gasteiger partial charge in [0.2, 0.25) is 5.65 Å². The molecule has 31 heavy (non-hydrogen) atoms. The maximum Gasteiger partial charge on any atom is 0.368 e. The number of nitrogens with zero attached hydrogens (tertiary/aromatic N) is 6. The third-order valence-corrected chi connectivity index (χ3v) is 4.78. The summed E-state index contributed by atoms with van der Waals surface area (Å²) in [5.74, 6) is 0.391. The Morgan fingerprint density at radius 2 is 2.06 bits per heavy atom. The summed E-state index contributed by atoms with van der Waals surface area (Å²) in [5, 5.41) is 18.5. The molecule has 3 heterocycles. The Bertz CT molecular complexity index is 1310. The van der Waals surface area contributed by atoms with Crippen LogP contribution in [0.4, 0.5) is 16.0 Å². The van der Waals surface area contributed by atoms with Crippen LogP contribution in [0.5, 0.6) is 11.6 Å². The molecule has 0 aliphatic rings. The fraction of sp³-hybridized carbons (Fsp3) is 0.158. The van der Waals surface area contributed by atoms with Gasteiger partial charge in [0.25, 0.3) is 5.88 Å². The fourth-order valence-electron chi connectivity index (χ4n) is 2.87. The fourth-order valence-corrected chi connectivity index (χ4v) is 3.03. The molecule has 0 fully saturated rings. The first-order chi connectivity index (χ1) is 14.8. The molecule has 4 rings (SSSR count). The molecule has 1 N–H and O–H groups in total. The van der Waals surface area contributed by atoms with E-state index in [1.54, 1.807) is 26.0 Å². The smallest absolute Gasteiger partial charge is 0.368 e. The molecule has 0 spiro atoms. The molecule has 0 aliphatic heterocycles.